The summed E-state index contributed by atoms with van der Waals surface area (Å²) in [4.78, 5) is 66.2. The fourth-order valence-electron chi connectivity index (χ4n) is 7.34. The van der Waals surface area contributed by atoms with Crippen molar-refractivity contribution >= 4 is 44.6 Å². The summed E-state index contributed by atoms with van der Waals surface area (Å²) in [5.74, 6) is -1.37. The van der Waals surface area contributed by atoms with E-state index >= 15 is 0 Å². The second kappa shape index (κ2) is 15.4. The van der Waals surface area contributed by atoms with E-state index in [-0.39, 0.29) is 31.2 Å². The summed E-state index contributed by atoms with van der Waals surface area (Å²) in [6.07, 6.45) is 9.38. The Balaban J connectivity index is 1.22. The van der Waals surface area contributed by atoms with Crippen molar-refractivity contribution in [1.29, 1.82) is 0 Å². The van der Waals surface area contributed by atoms with Gasteiger partial charge in [0.05, 0.1) is 25.1 Å². The molecule has 2 aliphatic carbocycles. The fraction of sp³-hybridized carbons (Fsp3) is 0.538. The van der Waals surface area contributed by atoms with Gasteiger partial charge in [-0.05, 0) is 88.9 Å². The van der Waals surface area contributed by atoms with Crippen molar-refractivity contribution in [1.82, 2.24) is 30.2 Å². The van der Waals surface area contributed by atoms with Crippen LogP contribution in [0.1, 0.15) is 78.6 Å². The molecule has 0 bridgehead atoms. The zero-order chi connectivity index (χ0) is 39.8. The standard InChI is InChI=1S/C39H48N6O10S/c1-38(2,3)55-37(49)42-29-11-9-7-5-6-8-10-24-21-39(24,36(48)44-56(50,51)27-13-14-27)43-32(46)31-20-26(22-45(31)35(29)47)54-33-28-15-12-25(52-4)18-23(28)19-30(41-33)34-40-16-17-53-34/h8,10,12,15-19,24,26-27,29,31H,5-7,9,11,13-14,20-22H2,1-4H3,(H,42,49)(H,43,46)(H,44,48)/b10-8-/t24?,26?,29-,31-,39+/m0/s1. The number of carbonyl (C=O) groups is 4. The topological polar surface area (TPSA) is 208 Å². The van der Waals surface area contributed by atoms with Crippen molar-refractivity contribution in [3.8, 4) is 23.2 Å². The summed E-state index contributed by atoms with van der Waals surface area (Å²) < 4.78 is 51.0. The first-order valence-electron chi connectivity index (χ1n) is 19.1. The Morgan fingerprint density at radius 2 is 1.89 bits per heavy atom. The number of aromatic nitrogens is 2. The van der Waals surface area contributed by atoms with Crippen LogP contribution >= 0.6 is 0 Å². The van der Waals surface area contributed by atoms with Crippen LogP contribution in [0.4, 0.5) is 4.79 Å². The highest BCUT2D eigenvalue weighted by atomic mass is 32.2. The van der Waals surface area contributed by atoms with E-state index in [1.165, 1.54) is 17.4 Å². The van der Waals surface area contributed by atoms with Gasteiger partial charge in [0, 0.05) is 17.7 Å². The molecule has 56 heavy (non-hydrogen) atoms. The van der Waals surface area contributed by atoms with Gasteiger partial charge < -0.3 is 34.2 Å². The van der Waals surface area contributed by atoms with Crippen LogP contribution < -0.4 is 24.8 Å². The smallest absolute Gasteiger partial charge is 0.408 e. The predicted octanol–water partition coefficient (Wildman–Crippen LogP) is 4.14. The van der Waals surface area contributed by atoms with Crippen molar-refractivity contribution in [3.05, 3.63) is 48.9 Å². The number of benzene rings is 1. The number of amides is 4. The molecule has 17 heteroatoms. The van der Waals surface area contributed by atoms with Crippen LogP contribution in [-0.2, 0) is 29.1 Å². The van der Waals surface area contributed by atoms with Crippen LogP contribution in [0.5, 0.6) is 11.6 Å². The average Bonchev–Trinajstić information content (AvgIpc) is 4.00. The molecule has 0 radical (unpaired) electrons. The number of ether oxygens (including phenoxy) is 3. The Kier molecular flexibility index (Phi) is 10.7. The van der Waals surface area contributed by atoms with Gasteiger partial charge in [-0.15, -0.1) is 0 Å². The monoisotopic (exact) mass is 792 g/mol. The molecule has 300 valence electrons. The second-order valence-electron chi connectivity index (χ2n) is 15.9. The molecule has 2 aromatic heterocycles. The summed E-state index contributed by atoms with van der Waals surface area (Å²) >= 11 is 0. The lowest BCUT2D eigenvalue weighted by atomic mass is 10.0. The Bertz CT molecular complexity index is 2130. The molecule has 0 spiro atoms. The van der Waals surface area contributed by atoms with Gasteiger partial charge in [0.2, 0.25) is 33.6 Å². The Hall–Kier alpha value is -5.19. The number of oxazole rings is 1. The van der Waals surface area contributed by atoms with Gasteiger partial charge in [0.1, 0.15) is 47.0 Å². The van der Waals surface area contributed by atoms with Crippen molar-refractivity contribution in [2.75, 3.05) is 13.7 Å². The maximum atomic E-state index is 14.6. The molecule has 1 aromatic carbocycles. The zero-order valence-corrected chi connectivity index (χ0v) is 32.7. The van der Waals surface area contributed by atoms with Gasteiger partial charge >= 0.3 is 6.09 Å². The lowest BCUT2D eigenvalue weighted by Gasteiger charge is -2.30. The molecule has 2 unspecified atom stereocenters. The largest absolute Gasteiger partial charge is 0.497 e. The fourth-order valence-corrected chi connectivity index (χ4v) is 8.70. The minimum absolute atomic E-state index is 0.00212. The predicted molar refractivity (Wildman–Crippen MR) is 203 cm³/mol. The highest BCUT2D eigenvalue weighted by molar-refractivity contribution is 7.91. The zero-order valence-electron chi connectivity index (χ0n) is 31.9. The van der Waals surface area contributed by atoms with E-state index < -0.39 is 74.3 Å². The molecule has 3 fully saturated rings. The van der Waals surface area contributed by atoms with Crippen LogP contribution in [0.25, 0.3) is 22.4 Å². The number of nitrogens with one attached hydrogen (secondary N) is 3. The summed E-state index contributed by atoms with van der Waals surface area (Å²) in [5, 5.41) is 6.32. The number of hydrogen-bond acceptors (Lipinski definition) is 12. The van der Waals surface area contributed by atoms with Crippen molar-refractivity contribution in [2.45, 2.75) is 113 Å². The van der Waals surface area contributed by atoms with E-state index in [1.807, 2.05) is 18.2 Å². The number of sulfonamides is 1. The molecule has 3 N–H and O–H groups in total. The Morgan fingerprint density at radius 1 is 1.09 bits per heavy atom. The highest BCUT2D eigenvalue weighted by Gasteiger charge is 2.62. The minimum Gasteiger partial charge on any atom is -0.497 e. The van der Waals surface area contributed by atoms with Crippen LogP contribution in [0, 0.1) is 5.92 Å². The van der Waals surface area contributed by atoms with Gasteiger partial charge in [0.15, 0.2) is 0 Å². The lowest BCUT2D eigenvalue weighted by molar-refractivity contribution is -0.141. The van der Waals surface area contributed by atoms with Gasteiger partial charge in [-0.1, -0.05) is 25.0 Å². The second-order valence-corrected chi connectivity index (χ2v) is 17.9. The number of allylic oxidation sites excluding steroid dienone is 1. The van der Waals surface area contributed by atoms with E-state index in [0.717, 1.165) is 12.8 Å². The van der Waals surface area contributed by atoms with Gasteiger partial charge in [-0.2, -0.15) is 0 Å². The first-order chi connectivity index (χ1) is 26.7. The first-order valence-corrected chi connectivity index (χ1v) is 20.6. The Morgan fingerprint density at radius 3 is 2.61 bits per heavy atom. The van der Waals surface area contributed by atoms with E-state index in [2.05, 4.69) is 20.3 Å². The van der Waals surface area contributed by atoms with Crippen molar-refractivity contribution in [3.63, 3.8) is 0 Å². The number of alkyl carbamates (subject to hydrolysis) is 1. The van der Waals surface area contributed by atoms with Crippen LogP contribution in [0.2, 0.25) is 0 Å². The molecule has 4 amide bonds. The third kappa shape index (κ3) is 8.61. The Labute approximate surface area is 325 Å². The molecule has 1 saturated heterocycles. The molecule has 7 rings (SSSR count). The number of fused-ring (bicyclic) bond motifs is 3. The molecular formula is C39H48N6O10S. The summed E-state index contributed by atoms with van der Waals surface area (Å²) in [7, 11) is -2.36. The number of methoxy groups -OCH3 is 1. The quantitative estimate of drug-likeness (QED) is 0.275. The van der Waals surface area contributed by atoms with Crippen molar-refractivity contribution < 1.29 is 46.2 Å². The SMILES string of the molecule is COc1ccc2c(OC3C[C@H]4C(=O)N[C@]5(C(=O)NS(=O)(=O)C6CC6)CC5/C=C\CCCCC[C@H](NC(=O)OC(C)(C)C)C(=O)N4C3)nc(-c3ncco3)cc2c1. The maximum absolute atomic E-state index is 14.6. The summed E-state index contributed by atoms with van der Waals surface area (Å²) in [5.41, 5.74) is -1.97. The molecule has 5 atom stereocenters. The maximum Gasteiger partial charge on any atom is 0.408 e. The average molecular weight is 793 g/mol. The van der Waals surface area contributed by atoms with Crippen LogP contribution in [-0.4, -0.2) is 95.3 Å². The summed E-state index contributed by atoms with van der Waals surface area (Å²) in [6.45, 7) is 5.10. The third-order valence-corrected chi connectivity index (χ3v) is 12.3. The van der Waals surface area contributed by atoms with Crippen LogP contribution in [0.3, 0.4) is 0 Å². The molecule has 4 heterocycles. The number of pyridine rings is 1. The number of rotatable bonds is 8. The molecule has 3 aromatic rings. The molecular weight excluding hydrogens is 745 g/mol. The van der Waals surface area contributed by atoms with E-state index in [9.17, 15) is 27.6 Å². The van der Waals surface area contributed by atoms with E-state index in [1.54, 1.807) is 46.1 Å². The van der Waals surface area contributed by atoms with Crippen LogP contribution in [0.15, 0.2) is 53.3 Å². The number of carbonyl (C=O) groups excluding carboxylic acids is 4. The third-order valence-electron chi connectivity index (χ3n) is 10.5. The van der Waals surface area contributed by atoms with E-state index in [0.29, 0.717) is 54.3 Å². The van der Waals surface area contributed by atoms with Gasteiger partial charge in [-0.25, -0.2) is 23.2 Å². The van der Waals surface area contributed by atoms with E-state index in [4.69, 9.17) is 23.6 Å². The molecule has 4 aliphatic rings. The van der Waals surface area contributed by atoms with Gasteiger partial charge in [-0.3, -0.25) is 19.1 Å². The molecule has 16 nitrogen and oxygen atoms in total. The number of hydrogen-bond donors (Lipinski definition) is 3. The number of nitrogens with zero attached hydrogens (tertiary/aromatic N) is 3. The van der Waals surface area contributed by atoms with Gasteiger partial charge in [0.25, 0.3) is 5.91 Å². The lowest BCUT2D eigenvalue weighted by Crippen LogP contribution is -2.58. The first kappa shape index (κ1) is 39.1. The van der Waals surface area contributed by atoms with Crippen molar-refractivity contribution in [2.24, 2.45) is 5.92 Å². The molecule has 2 saturated carbocycles. The molecule has 2 aliphatic heterocycles. The summed E-state index contributed by atoms with van der Waals surface area (Å²) in [6, 6.07) is 4.96. The highest BCUT2D eigenvalue weighted by Crippen LogP contribution is 2.46. The minimum atomic E-state index is -3.91. The normalized spacial score (nSPS) is 26.5.